The van der Waals surface area contributed by atoms with Gasteiger partial charge in [-0.3, -0.25) is 14.5 Å². The Bertz CT molecular complexity index is 759. The summed E-state index contributed by atoms with van der Waals surface area (Å²) in [5.41, 5.74) is 2.23. The second-order valence-corrected chi connectivity index (χ2v) is 7.08. The fourth-order valence-corrected chi connectivity index (χ4v) is 4.35. The number of anilines is 1. The van der Waals surface area contributed by atoms with Gasteiger partial charge >= 0.3 is 0 Å². The minimum absolute atomic E-state index is 0.0154. The molecule has 6 heteroatoms. The van der Waals surface area contributed by atoms with Gasteiger partial charge in [-0.1, -0.05) is 24.3 Å². The molecule has 2 aromatic rings. The molecule has 4 rings (SSSR count). The van der Waals surface area contributed by atoms with Crippen LogP contribution in [0, 0.1) is 0 Å². The minimum Gasteiger partial charge on any atom is -0.353 e. The van der Waals surface area contributed by atoms with Crippen molar-refractivity contribution in [3.63, 3.8) is 0 Å². The molecule has 2 amide bonds. The fourth-order valence-electron chi connectivity index (χ4n) is 3.50. The third kappa shape index (κ3) is 2.72. The van der Waals surface area contributed by atoms with E-state index in [9.17, 15) is 9.59 Å². The van der Waals surface area contributed by atoms with Crippen LogP contribution < -0.4 is 10.2 Å². The van der Waals surface area contributed by atoms with Crippen LogP contribution >= 0.6 is 11.3 Å². The van der Waals surface area contributed by atoms with Gasteiger partial charge in [-0.25, -0.2) is 0 Å². The quantitative estimate of drug-likeness (QED) is 0.926. The third-order valence-electron chi connectivity index (χ3n) is 4.65. The van der Waals surface area contributed by atoms with Crippen LogP contribution in [0.1, 0.15) is 16.5 Å². The highest BCUT2D eigenvalue weighted by Crippen LogP contribution is 2.30. The zero-order valence-corrected chi connectivity index (χ0v) is 14.1. The molecule has 0 saturated carbocycles. The molecule has 1 aromatic carbocycles. The number of rotatable bonds is 3. The van der Waals surface area contributed by atoms with Gasteiger partial charge in [-0.2, -0.15) is 0 Å². The first-order valence-corrected chi connectivity index (χ1v) is 9.05. The number of fused-ring (bicyclic) bond motifs is 1. The van der Waals surface area contributed by atoms with Crippen LogP contribution in [0.25, 0.3) is 0 Å². The summed E-state index contributed by atoms with van der Waals surface area (Å²) in [6.07, 6.45) is 0.900. The standard InChI is InChI=1S/C18H19N3O2S/c22-16(21-9-7-13-4-1-2-5-14(13)21)12-20-10-8-19-18(23)17(20)15-6-3-11-24-15/h1-6,11,17H,7-10,12H2,(H,19,23)/t17-/m0/s1. The summed E-state index contributed by atoms with van der Waals surface area (Å²) in [5, 5.41) is 4.88. The summed E-state index contributed by atoms with van der Waals surface area (Å²) in [6, 6.07) is 11.6. The number of nitrogens with zero attached hydrogens (tertiary/aromatic N) is 2. The number of carbonyl (C=O) groups excluding carboxylic acids is 2. The fraction of sp³-hybridized carbons (Fsp3) is 0.333. The first-order chi connectivity index (χ1) is 11.7. The maximum Gasteiger partial charge on any atom is 0.242 e. The molecule has 2 aliphatic heterocycles. The summed E-state index contributed by atoms with van der Waals surface area (Å²) < 4.78 is 0. The molecule has 2 aliphatic rings. The van der Waals surface area contributed by atoms with Crippen molar-refractivity contribution in [2.45, 2.75) is 12.5 Å². The van der Waals surface area contributed by atoms with Gasteiger partial charge in [0.25, 0.3) is 0 Å². The Morgan fingerprint density at radius 2 is 2.08 bits per heavy atom. The van der Waals surface area contributed by atoms with Crippen LogP contribution in [0.2, 0.25) is 0 Å². The SMILES string of the molecule is O=C1NCCN(CC(=O)N2CCc3ccccc32)[C@H]1c1cccs1. The van der Waals surface area contributed by atoms with E-state index >= 15 is 0 Å². The second-order valence-electron chi connectivity index (χ2n) is 6.10. The van der Waals surface area contributed by atoms with E-state index in [2.05, 4.69) is 11.4 Å². The average molecular weight is 341 g/mol. The van der Waals surface area contributed by atoms with E-state index in [1.807, 2.05) is 45.5 Å². The summed E-state index contributed by atoms with van der Waals surface area (Å²) in [6.45, 7) is 2.27. The van der Waals surface area contributed by atoms with Gasteiger partial charge in [0.05, 0.1) is 6.54 Å². The highest BCUT2D eigenvalue weighted by atomic mass is 32.1. The maximum atomic E-state index is 12.9. The van der Waals surface area contributed by atoms with E-state index in [1.165, 1.54) is 5.56 Å². The summed E-state index contributed by atoms with van der Waals surface area (Å²) in [5.74, 6) is 0.0505. The molecule has 0 bridgehead atoms. The monoisotopic (exact) mass is 341 g/mol. The van der Waals surface area contributed by atoms with Crippen LogP contribution in [-0.4, -0.2) is 42.9 Å². The number of para-hydroxylation sites is 1. The molecule has 1 N–H and O–H groups in total. The third-order valence-corrected chi connectivity index (χ3v) is 5.58. The Morgan fingerprint density at radius 3 is 2.92 bits per heavy atom. The highest BCUT2D eigenvalue weighted by molar-refractivity contribution is 7.10. The lowest BCUT2D eigenvalue weighted by atomic mass is 10.1. The predicted octanol–water partition coefficient (Wildman–Crippen LogP) is 1.81. The first-order valence-electron chi connectivity index (χ1n) is 8.17. The maximum absolute atomic E-state index is 12.9. The molecule has 3 heterocycles. The van der Waals surface area contributed by atoms with E-state index in [0.29, 0.717) is 13.1 Å². The number of hydrogen-bond donors (Lipinski definition) is 1. The summed E-state index contributed by atoms with van der Waals surface area (Å²) in [7, 11) is 0. The zero-order chi connectivity index (χ0) is 16.5. The molecule has 1 fully saturated rings. The van der Waals surface area contributed by atoms with Crippen LogP contribution in [0.4, 0.5) is 5.69 Å². The smallest absolute Gasteiger partial charge is 0.242 e. The Labute approximate surface area is 144 Å². The van der Waals surface area contributed by atoms with E-state index in [4.69, 9.17) is 0 Å². The van der Waals surface area contributed by atoms with E-state index in [-0.39, 0.29) is 24.4 Å². The molecule has 0 unspecified atom stereocenters. The van der Waals surface area contributed by atoms with Gasteiger partial charge in [0.1, 0.15) is 6.04 Å². The van der Waals surface area contributed by atoms with E-state index in [0.717, 1.165) is 23.5 Å². The van der Waals surface area contributed by atoms with Crippen molar-refractivity contribution < 1.29 is 9.59 Å². The van der Waals surface area contributed by atoms with Crippen LogP contribution in [-0.2, 0) is 16.0 Å². The van der Waals surface area contributed by atoms with Crippen molar-refractivity contribution in [1.29, 1.82) is 0 Å². The number of piperazine rings is 1. The number of benzene rings is 1. The van der Waals surface area contributed by atoms with Gasteiger partial charge in [0, 0.05) is 30.2 Å². The molecule has 1 atom stereocenters. The molecular formula is C18H19N3O2S. The molecule has 0 radical (unpaired) electrons. The molecule has 24 heavy (non-hydrogen) atoms. The van der Waals surface area contributed by atoms with Crippen molar-refractivity contribution in [1.82, 2.24) is 10.2 Å². The lowest BCUT2D eigenvalue weighted by molar-refractivity contribution is -0.131. The molecule has 1 aromatic heterocycles. The van der Waals surface area contributed by atoms with Crippen LogP contribution in [0.5, 0.6) is 0 Å². The van der Waals surface area contributed by atoms with E-state index < -0.39 is 0 Å². The average Bonchev–Trinajstić information content (AvgIpc) is 3.24. The Kier molecular flexibility index (Phi) is 4.08. The topological polar surface area (TPSA) is 52.7 Å². The number of nitrogens with one attached hydrogen (secondary N) is 1. The molecule has 5 nitrogen and oxygen atoms in total. The van der Waals surface area contributed by atoms with Crippen molar-refractivity contribution >= 4 is 28.8 Å². The lowest BCUT2D eigenvalue weighted by Crippen LogP contribution is -2.52. The Balaban J connectivity index is 1.53. The Morgan fingerprint density at radius 1 is 1.21 bits per heavy atom. The zero-order valence-electron chi connectivity index (χ0n) is 13.3. The molecular weight excluding hydrogens is 322 g/mol. The van der Waals surface area contributed by atoms with Gasteiger partial charge in [-0.05, 0) is 29.5 Å². The molecule has 0 aliphatic carbocycles. The molecule has 1 saturated heterocycles. The van der Waals surface area contributed by atoms with Crippen molar-refractivity contribution in [2.24, 2.45) is 0 Å². The Hall–Kier alpha value is -2.18. The van der Waals surface area contributed by atoms with Gasteiger partial charge in [0.2, 0.25) is 11.8 Å². The second kappa shape index (κ2) is 6.37. The van der Waals surface area contributed by atoms with Crippen molar-refractivity contribution in [3.8, 4) is 0 Å². The number of carbonyl (C=O) groups is 2. The number of amides is 2. The van der Waals surface area contributed by atoms with E-state index in [1.54, 1.807) is 11.3 Å². The van der Waals surface area contributed by atoms with Gasteiger partial charge in [-0.15, -0.1) is 11.3 Å². The lowest BCUT2D eigenvalue weighted by Gasteiger charge is -2.34. The molecule has 0 spiro atoms. The summed E-state index contributed by atoms with van der Waals surface area (Å²) >= 11 is 1.56. The minimum atomic E-state index is -0.361. The van der Waals surface area contributed by atoms with Crippen molar-refractivity contribution in [2.75, 3.05) is 31.1 Å². The first kappa shape index (κ1) is 15.4. The number of thiophene rings is 1. The largest absolute Gasteiger partial charge is 0.353 e. The summed E-state index contributed by atoms with van der Waals surface area (Å²) in [4.78, 5) is 30.0. The van der Waals surface area contributed by atoms with Crippen LogP contribution in [0.15, 0.2) is 41.8 Å². The normalized spacial score (nSPS) is 20.8. The van der Waals surface area contributed by atoms with Gasteiger partial charge < -0.3 is 10.2 Å². The van der Waals surface area contributed by atoms with Crippen LogP contribution in [0.3, 0.4) is 0 Å². The van der Waals surface area contributed by atoms with Gasteiger partial charge in [0.15, 0.2) is 0 Å². The highest BCUT2D eigenvalue weighted by Gasteiger charge is 2.34. The predicted molar refractivity (Wildman–Crippen MR) is 94.1 cm³/mol. The number of hydrogen-bond acceptors (Lipinski definition) is 4. The van der Waals surface area contributed by atoms with Crippen molar-refractivity contribution in [3.05, 3.63) is 52.2 Å². The molecule has 124 valence electrons.